The number of carbonyl (C=O) groups excluding carboxylic acids is 1. The number of aromatic nitrogens is 1. The predicted molar refractivity (Wildman–Crippen MR) is 90.3 cm³/mol. The fraction of sp³-hybridized carbons (Fsp3) is 0.158. The van der Waals surface area contributed by atoms with Gasteiger partial charge in [0.25, 0.3) is 5.91 Å². The zero-order valence-corrected chi connectivity index (χ0v) is 13.3. The molecule has 5 nitrogen and oxygen atoms in total. The molecule has 5 heteroatoms. The van der Waals surface area contributed by atoms with Gasteiger partial charge in [-0.2, -0.15) is 0 Å². The van der Waals surface area contributed by atoms with E-state index in [1.807, 2.05) is 42.5 Å². The van der Waals surface area contributed by atoms with Crippen molar-refractivity contribution in [2.45, 2.75) is 19.6 Å². The second kappa shape index (κ2) is 7.46. The van der Waals surface area contributed by atoms with Gasteiger partial charge in [-0.15, -0.1) is 0 Å². The van der Waals surface area contributed by atoms with E-state index in [1.54, 1.807) is 31.8 Å². The van der Waals surface area contributed by atoms with Crippen LogP contribution in [0.5, 0.6) is 5.75 Å². The van der Waals surface area contributed by atoms with Crippen molar-refractivity contribution in [1.82, 2.24) is 10.3 Å². The highest BCUT2D eigenvalue weighted by Gasteiger charge is 2.14. The highest BCUT2D eigenvalue weighted by Crippen LogP contribution is 2.19. The van der Waals surface area contributed by atoms with Gasteiger partial charge in [0.05, 0.1) is 12.5 Å². The summed E-state index contributed by atoms with van der Waals surface area (Å²) < 4.78 is 10.7. The number of nitrogens with one attached hydrogen (secondary N) is 1. The summed E-state index contributed by atoms with van der Waals surface area (Å²) in [6, 6.07) is 13.1. The van der Waals surface area contributed by atoms with Gasteiger partial charge in [-0.1, -0.05) is 18.2 Å². The van der Waals surface area contributed by atoms with Gasteiger partial charge >= 0.3 is 0 Å². The van der Waals surface area contributed by atoms with E-state index in [0.29, 0.717) is 12.3 Å². The summed E-state index contributed by atoms with van der Waals surface area (Å²) >= 11 is 0. The molecule has 0 spiro atoms. The number of hydrogen-bond acceptors (Lipinski definition) is 4. The minimum Gasteiger partial charge on any atom is -0.481 e. The third-order valence-electron chi connectivity index (χ3n) is 3.54. The van der Waals surface area contributed by atoms with Crippen molar-refractivity contribution < 1.29 is 13.9 Å². The number of amides is 1. The smallest absolute Gasteiger partial charge is 0.261 e. The standard InChI is InChI=1S/C19H18N2O3/c1-14(24-18-5-3-2-4-6-18)19(22)21-11-15-9-17(12-20-10-15)16-7-8-23-13-16/h2-10,12-14H,11H2,1H3,(H,21,22)/t14-/m1/s1. The van der Waals surface area contributed by atoms with Crippen LogP contribution in [0.2, 0.25) is 0 Å². The molecule has 0 saturated heterocycles. The maximum atomic E-state index is 12.2. The lowest BCUT2D eigenvalue weighted by Crippen LogP contribution is -2.35. The molecular weight excluding hydrogens is 304 g/mol. The number of ether oxygens (including phenoxy) is 1. The molecule has 0 aliphatic rings. The average Bonchev–Trinajstić information content (AvgIpc) is 3.15. The summed E-state index contributed by atoms with van der Waals surface area (Å²) in [5, 5.41) is 2.86. The lowest BCUT2D eigenvalue weighted by molar-refractivity contribution is -0.127. The maximum Gasteiger partial charge on any atom is 0.261 e. The third kappa shape index (κ3) is 4.01. The van der Waals surface area contributed by atoms with E-state index in [2.05, 4.69) is 10.3 Å². The number of benzene rings is 1. The van der Waals surface area contributed by atoms with Crippen LogP contribution < -0.4 is 10.1 Å². The first-order chi connectivity index (χ1) is 11.7. The number of pyridine rings is 1. The minimum absolute atomic E-state index is 0.174. The van der Waals surface area contributed by atoms with E-state index in [0.717, 1.165) is 16.7 Å². The van der Waals surface area contributed by atoms with Gasteiger partial charge < -0.3 is 14.5 Å². The van der Waals surface area contributed by atoms with Crippen LogP contribution in [0.1, 0.15) is 12.5 Å². The molecule has 0 radical (unpaired) electrons. The largest absolute Gasteiger partial charge is 0.481 e. The number of hydrogen-bond donors (Lipinski definition) is 1. The molecule has 1 aromatic carbocycles. The van der Waals surface area contributed by atoms with E-state index in [9.17, 15) is 4.79 Å². The molecule has 3 rings (SSSR count). The molecule has 122 valence electrons. The first kappa shape index (κ1) is 15.8. The Morgan fingerprint density at radius 1 is 1.21 bits per heavy atom. The van der Waals surface area contributed by atoms with E-state index >= 15 is 0 Å². The van der Waals surface area contributed by atoms with E-state index in [4.69, 9.17) is 9.15 Å². The molecule has 3 aromatic rings. The summed E-state index contributed by atoms with van der Waals surface area (Å²) in [4.78, 5) is 16.4. The Hall–Kier alpha value is -3.08. The highest BCUT2D eigenvalue weighted by molar-refractivity contribution is 5.80. The minimum atomic E-state index is -0.572. The van der Waals surface area contributed by atoms with Crippen molar-refractivity contribution in [2.75, 3.05) is 0 Å². The van der Waals surface area contributed by atoms with E-state index in [-0.39, 0.29) is 5.91 Å². The summed E-state index contributed by atoms with van der Waals surface area (Å²) in [6.45, 7) is 2.11. The molecule has 1 N–H and O–H groups in total. The molecule has 24 heavy (non-hydrogen) atoms. The second-order valence-electron chi connectivity index (χ2n) is 5.38. The summed E-state index contributed by atoms with van der Waals surface area (Å²) in [5.41, 5.74) is 2.81. The van der Waals surface area contributed by atoms with Crippen molar-refractivity contribution in [1.29, 1.82) is 0 Å². The monoisotopic (exact) mass is 322 g/mol. The quantitative estimate of drug-likeness (QED) is 0.755. The summed E-state index contributed by atoms with van der Waals surface area (Å²) in [6.07, 6.45) is 6.20. The van der Waals surface area contributed by atoms with Gasteiger partial charge in [-0.3, -0.25) is 9.78 Å². The van der Waals surface area contributed by atoms with E-state index in [1.165, 1.54) is 0 Å². The third-order valence-corrected chi connectivity index (χ3v) is 3.54. The van der Waals surface area contributed by atoms with Crippen LogP contribution in [0.4, 0.5) is 0 Å². The molecule has 0 bridgehead atoms. The predicted octanol–water partition coefficient (Wildman–Crippen LogP) is 3.43. The Labute approximate surface area is 140 Å². The van der Waals surface area contributed by atoms with Gasteiger partial charge in [0.15, 0.2) is 6.10 Å². The lowest BCUT2D eigenvalue weighted by atomic mass is 10.1. The lowest BCUT2D eigenvalue weighted by Gasteiger charge is -2.14. The average molecular weight is 322 g/mol. The molecule has 0 aliphatic heterocycles. The van der Waals surface area contributed by atoms with Crippen molar-refractivity contribution in [3.05, 3.63) is 72.9 Å². The summed E-state index contributed by atoms with van der Waals surface area (Å²) in [5.74, 6) is 0.497. The van der Waals surface area contributed by atoms with Crippen molar-refractivity contribution in [3.8, 4) is 16.9 Å². The number of para-hydroxylation sites is 1. The number of carbonyl (C=O) groups is 1. The zero-order valence-electron chi connectivity index (χ0n) is 13.3. The zero-order chi connectivity index (χ0) is 16.8. The van der Waals surface area contributed by atoms with Gasteiger partial charge in [0, 0.05) is 30.1 Å². The molecule has 2 heterocycles. The van der Waals surface area contributed by atoms with Gasteiger partial charge in [-0.25, -0.2) is 0 Å². The Bertz CT molecular complexity index is 785. The fourth-order valence-electron chi connectivity index (χ4n) is 2.26. The molecule has 0 fully saturated rings. The SMILES string of the molecule is C[C@@H](Oc1ccccc1)C(=O)NCc1cncc(-c2ccoc2)c1. The van der Waals surface area contributed by atoms with Crippen molar-refractivity contribution in [3.63, 3.8) is 0 Å². The number of nitrogens with zero attached hydrogens (tertiary/aromatic N) is 1. The second-order valence-corrected chi connectivity index (χ2v) is 5.38. The van der Waals surface area contributed by atoms with Crippen molar-refractivity contribution >= 4 is 5.91 Å². The first-order valence-corrected chi connectivity index (χ1v) is 7.68. The Morgan fingerprint density at radius 2 is 2.04 bits per heavy atom. The van der Waals surface area contributed by atoms with Crippen LogP contribution in [-0.4, -0.2) is 17.0 Å². The van der Waals surface area contributed by atoms with Crippen LogP contribution in [0.25, 0.3) is 11.1 Å². The normalized spacial score (nSPS) is 11.7. The van der Waals surface area contributed by atoms with Gasteiger partial charge in [0.2, 0.25) is 0 Å². The molecular formula is C19H18N2O3. The van der Waals surface area contributed by atoms with Crippen LogP contribution in [0.15, 0.2) is 71.8 Å². The molecule has 2 aromatic heterocycles. The highest BCUT2D eigenvalue weighted by atomic mass is 16.5. The van der Waals surface area contributed by atoms with Crippen LogP contribution in [0.3, 0.4) is 0 Å². The van der Waals surface area contributed by atoms with E-state index < -0.39 is 6.10 Å². The topological polar surface area (TPSA) is 64.4 Å². The molecule has 1 atom stereocenters. The molecule has 1 amide bonds. The first-order valence-electron chi connectivity index (χ1n) is 7.68. The van der Waals surface area contributed by atoms with Crippen LogP contribution in [-0.2, 0) is 11.3 Å². The van der Waals surface area contributed by atoms with Crippen LogP contribution in [0, 0.1) is 0 Å². The Kier molecular flexibility index (Phi) is 4.91. The Morgan fingerprint density at radius 3 is 2.79 bits per heavy atom. The van der Waals surface area contributed by atoms with Gasteiger partial charge in [-0.05, 0) is 36.8 Å². The number of rotatable bonds is 6. The fourth-order valence-corrected chi connectivity index (χ4v) is 2.26. The van der Waals surface area contributed by atoms with Gasteiger partial charge in [0.1, 0.15) is 5.75 Å². The van der Waals surface area contributed by atoms with Crippen LogP contribution >= 0.6 is 0 Å². The van der Waals surface area contributed by atoms with Crippen molar-refractivity contribution in [2.24, 2.45) is 0 Å². The summed E-state index contributed by atoms with van der Waals surface area (Å²) in [7, 11) is 0. The molecule has 0 aliphatic carbocycles. The molecule has 0 saturated carbocycles. The number of furan rings is 1. The Balaban J connectivity index is 1.57. The maximum absolute atomic E-state index is 12.2. The molecule has 0 unspecified atom stereocenters.